The van der Waals surface area contributed by atoms with E-state index in [1.165, 1.54) is 12.1 Å². The van der Waals surface area contributed by atoms with Crippen LogP contribution in [-0.2, 0) is 16.1 Å². The number of amides is 3. The SMILES string of the molecule is Cc1cccc(NC(=O)COc2c(Br)cc(/C=C3\SC(=O)N(Cc4ccc(F)cc4Cl)C3=O)cc2Br)c1. The fraction of sp³-hybridized carbons (Fsp3) is 0.115. The van der Waals surface area contributed by atoms with Crippen molar-refractivity contribution >= 4 is 84.0 Å². The molecular formula is C26H18Br2ClFN2O4S. The van der Waals surface area contributed by atoms with Crippen molar-refractivity contribution in [2.45, 2.75) is 13.5 Å². The van der Waals surface area contributed by atoms with Crippen LogP contribution in [-0.4, -0.2) is 28.6 Å². The minimum absolute atomic E-state index is 0.0636. The van der Waals surface area contributed by atoms with Crippen LogP contribution in [0.4, 0.5) is 14.9 Å². The summed E-state index contributed by atoms with van der Waals surface area (Å²) in [5, 5.41) is 2.47. The Morgan fingerprint density at radius 2 is 1.86 bits per heavy atom. The van der Waals surface area contributed by atoms with E-state index in [4.69, 9.17) is 16.3 Å². The van der Waals surface area contributed by atoms with E-state index in [2.05, 4.69) is 37.2 Å². The number of hydrogen-bond acceptors (Lipinski definition) is 5. The molecule has 0 bridgehead atoms. The van der Waals surface area contributed by atoms with E-state index in [-0.39, 0.29) is 29.0 Å². The average molecular weight is 669 g/mol. The Labute approximate surface area is 238 Å². The van der Waals surface area contributed by atoms with Crippen LogP contribution in [0.5, 0.6) is 5.75 Å². The molecule has 1 aliphatic heterocycles. The minimum Gasteiger partial charge on any atom is -0.481 e. The predicted molar refractivity (Wildman–Crippen MR) is 150 cm³/mol. The Balaban J connectivity index is 1.44. The molecule has 3 aromatic carbocycles. The van der Waals surface area contributed by atoms with E-state index >= 15 is 0 Å². The molecule has 190 valence electrons. The maximum absolute atomic E-state index is 13.3. The zero-order valence-corrected chi connectivity index (χ0v) is 23.9. The summed E-state index contributed by atoms with van der Waals surface area (Å²) >= 11 is 13.7. The van der Waals surface area contributed by atoms with E-state index in [0.29, 0.717) is 31.5 Å². The normalized spacial score (nSPS) is 14.4. The molecule has 6 nitrogen and oxygen atoms in total. The van der Waals surface area contributed by atoms with Crippen LogP contribution in [0, 0.1) is 12.7 Å². The van der Waals surface area contributed by atoms with Crippen LogP contribution in [0.2, 0.25) is 5.02 Å². The van der Waals surface area contributed by atoms with Gasteiger partial charge >= 0.3 is 0 Å². The van der Waals surface area contributed by atoms with E-state index in [9.17, 15) is 18.8 Å². The van der Waals surface area contributed by atoms with Gasteiger partial charge in [0.2, 0.25) is 0 Å². The van der Waals surface area contributed by atoms with Crippen LogP contribution >= 0.6 is 55.2 Å². The zero-order chi connectivity index (χ0) is 26.7. The number of thioether (sulfide) groups is 1. The molecule has 11 heteroatoms. The fourth-order valence-corrected chi connectivity index (χ4v) is 5.98. The summed E-state index contributed by atoms with van der Waals surface area (Å²) in [6.07, 6.45) is 1.58. The number of halogens is 4. The van der Waals surface area contributed by atoms with Gasteiger partial charge in [-0.25, -0.2) is 4.39 Å². The van der Waals surface area contributed by atoms with Crippen LogP contribution < -0.4 is 10.1 Å². The second-order valence-corrected chi connectivity index (χ2v) is 11.1. The third-order valence-electron chi connectivity index (χ3n) is 5.18. The fourth-order valence-electron chi connectivity index (χ4n) is 3.47. The summed E-state index contributed by atoms with van der Waals surface area (Å²) < 4.78 is 20.1. The van der Waals surface area contributed by atoms with Gasteiger partial charge in [-0.1, -0.05) is 29.8 Å². The summed E-state index contributed by atoms with van der Waals surface area (Å²) in [6, 6.07) is 14.7. The highest BCUT2D eigenvalue weighted by Crippen LogP contribution is 2.38. The Hall–Kier alpha value is -2.66. The number of anilines is 1. The molecular weight excluding hydrogens is 651 g/mol. The third kappa shape index (κ3) is 6.81. The molecule has 3 amide bonds. The van der Waals surface area contributed by atoms with E-state index in [1.807, 2.05) is 25.1 Å². The summed E-state index contributed by atoms with van der Waals surface area (Å²) in [5.74, 6) is -0.881. The molecule has 1 heterocycles. The van der Waals surface area contributed by atoms with Crippen molar-refractivity contribution in [3.8, 4) is 5.75 Å². The second kappa shape index (κ2) is 11.8. The van der Waals surface area contributed by atoms with Crippen LogP contribution in [0.3, 0.4) is 0 Å². The largest absolute Gasteiger partial charge is 0.481 e. The predicted octanol–water partition coefficient (Wildman–Crippen LogP) is 7.57. The lowest BCUT2D eigenvalue weighted by Crippen LogP contribution is -2.27. The van der Waals surface area contributed by atoms with Gasteiger partial charge in [0.25, 0.3) is 17.1 Å². The van der Waals surface area contributed by atoms with Gasteiger partial charge in [-0.15, -0.1) is 0 Å². The number of ether oxygens (including phenoxy) is 1. The third-order valence-corrected chi connectivity index (χ3v) is 7.62. The summed E-state index contributed by atoms with van der Waals surface area (Å²) in [5.41, 5.74) is 2.79. The van der Waals surface area contributed by atoms with Crippen molar-refractivity contribution in [1.82, 2.24) is 4.90 Å². The van der Waals surface area contributed by atoms with Crippen LogP contribution in [0.15, 0.2) is 68.4 Å². The Bertz CT molecular complexity index is 1430. The standard InChI is InChI=1S/C26H18Br2ClFN2O4S/c1-14-3-2-4-18(7-14)31-23(33)13-36-24-19(27)8-15(9-20(24)28)10-22-25(34)32(26(35)37-22)12-16-5-6-17(30)11-21(16)29/h2-11H,12-13H2,1H3,(H,31,33)/b22-10-. The lowest BCUT2D eigenvalue weighted by atomic mass is 10.2. The number of nitrogens with zero attached hydrogens (tertiary/aromatic N) is 1. The van der Waals surface area contributed by atoms with Gasteiger partial charge in [0.1, 0.15) is 11.6 Å². The number of nitrogens with one attached hydrogen (secondary N) is 1. The average Bonchev–Trinajstić information content (AvgIpc) is 3.07. The summed E-state index contributed by atoms with van der Waals surface area (Å²) in [4.78, 5) is 39.0. The molecule has 1 aliphatic rings. The molecule has 3 aromatic rings. The van der Waals surface area contributed by atoms with Crippen molar-refractivity contribution in [2.24, 2.45) is 0 Å². The highest BCUT2D eigenvalue weighted by molar-refractivity contribution is 9.11. The first-order valence-electron chi connectivity index (χ1n) is 10.8. The topological polar surface area (TPSA) is 75.7 Å². The van der Waals surface area contributed by atoms with Gasteiger partial charge in [-0.3, -0.25) is 19.3 Å². The Morgan fingerprint density at radius 1 is 1.14 bits per heavy atom. The number of aryl methyl sites for hydroxylation is 1. The Morgan fingerprint density at radius 3 is 2.54 bits per heavy atom. The highest BCUT2D eigenvalue weighted by Gasteiger charge is 2.35. The first-order valence-corrected chi connectivity index (χ1v) is 13.6. The molecule has 0 aromatic heterocycles. The van der Waals surface area contributed by atoms with Crippen molar-refractivity contribution in [3.05, 3.63) is 96.0 Å². The Kier molecular flexibility index (Phi) is 8.74. The molecule has 1 saturated heterocycles. The first-order chi connectivity index (χ1) is 17.6. The molecule has 0 spiro atoms. The smallest absolute Gasteiger partial charge is 0.293 e. The number of rotatable bonds is 7. The lowest BCUT2D eigenvalue weighted by Gasteiger charge is -2.13. The van der Waals surface area contributed by atoms with Crippen molar-refractivity contribution in [1.29, 1.82) is 0 Å². The molecule has 0 atom stereocenters. The van der Waals surface area contributed by atoms with Crippen LogP contribution in [0.1, 0.15) is 16.7 Å². The van der Waals surface area contributed by atoms with E-state index < -0.39 is 17.0 Å². The molecule has 0 unspecified atom stereocenters. The number of carbonyl (C=O) groups excluding carboxylic acids is 3. The maximum atomic E-state index is 13.3. The minimum atomic E-state index is -0.502. The molecule has 1 fully saturated rings. The monoisotopic (exact) mass is 666 g/mol. The lowest BCUT2D eigenvalue weighted by molar-refractivity contribution is -0.123. The van der Waals surface area contributed by atoms with Gasteiger partial charge in [0, 0.05) is 10.7 Å². The van der Waals surface area contributed by atoms with Crippen molar-refractivity contribution in [3.63, 3.8) is 0 Å². The van der Waals surface area contributed by atoms with Crippen molar-refractivity contribution < 1.29 is 23.5 Å². The summed E-state index contributed by atoms with van der Waals surface area (Å²) in [6.45, 7) is 1.66. The molecule has 37 heavy (non-hydrogen) atoms. The van der Waals surface area contributed by atoms with Gasteiger partial charge in [0.05, 0.1) is 20.4 Å². The zero-order valence-electron chi connectivity index (χ0n) is 19.2. The van der Waals surface area contributed by atoms with Gasteiger partial charge in [0.15, 0.2) is 6.61 Å². The highest BCUT2D eigenvalue weighted by atomic mass is 79.9. The second-order valence-electron chi connectivity index (χ2n) is 8.02. The number of imide groups is 1. The van der Waals surface area contributed by atoms with Crippen LogP contribution in [0.25, 0.3) is 6.08 Å². The maximum Gasteiger partial charge on any atom is 0.293 e. The van der Waals surface area contributed by atoms with E-state index in [0.717, 1.165) is 28.3 Å². The van der Waals surface area contributed by atoms with E-state index in [1.54, 1.807) is 24.3 Å². The molecule has 0 aliphatic carbocycles. The number of carbonyl (C=O) groups is 3. The molecule has 4 rings (SSSR count). The first kappa shape index (κ1) is 27.4. The molecule has 0 saturated carbocycles. The molecule has 1 N–H and O–H groups in total. The van der Waals surface area contributed by atoms with Gasteiger partial charge in [-0.2, -0.15) is 0 Å². The quantitative estimate of drug-likeness (QED) is 0.263. The molecule has 0 radical (unpaired) electrons. The van der Waals surface area contributed by atoms with Gasteiger partial charge in [-0.05, 0) is 110 Å². The number of benzene rings is 3. The number of hydrogen-bond donors (Lipinski definition) is 1. The summed E-state index contributed by atoms with van der Waals surface area (Å²) in [7, 11) is 0. The van der Waals surface area contributed by atoms with Crippen molar-refractivity contribution in [2.75, 3.05) is 11.9 Å². The van der Waals surface area contributed by atoms with Gasteiger partial charge < -0.3 is 10.1 Å².